The van der Waals surface area contributed by atoms with E-state index in [1.54, 1.807) is 18.7 Å². The van der Waals surface area contributed by atoms with Crippen molar-refractivity contribution in [3.05, 3.63) is 35.9 Å². The zero-order valence-corrected chi connectivity index (χ0v) is 18.0. The van der Waals surface area contributed by atoms with Gasteiger partial charge in [0, 0.05) is 19.5 Å². The highest BCUT2D eigenvalue weighted by Gasteiger charge is 2.29. The monoisotopic (exact) mass is 419 g/mol. The van der Waals surface area contributed by atoms with E-state index in [0.717, 1.165) is 18.4 Å². The van der Waals surface area contributed by atoms with E-state index >= 15 is 0 Å². The Morgan fingerprint density at radius 3 is 2.30 bits per heavy atom. The highest BCUT2D eigenvalue weighted by Crippen LogP contribution is 2.28. The lowest BCUT2D eigenvalue weighted by Gasteiger charge is -2.32. The predicted octanol–water partition coefficient (Wildman–Crippen LogP) is 3.95. The van der Waals surface area contributed by atoms with Gasteiger partial charge in [-0.15, -0.1) is 0 Å². The van der Waals surface area contributed by atoms with Crippen molar-refractivity contribution in [3.8, 4) is 0 Å². The molecule has 0 aromatic heterocycles. The van der Waals surface area contributed by atoms with Gasteiger partial charge in [0.25, 0.3) is 0 Å². The Hall–Kier alpha value is -2.57. The van der Waals surface area contributed by atoms with Gasteiger partial charge in [-0.05, 0) is 51.0 Å². The summed E-state index contributed by atoms with van der Waals surface area (Å²) in [6.07, 6.45) is 2.59. The summed E-state index contributed by atoms with van der Waals surface area (Å²) in [5, 5.41) is 0. The minimum atomic E-state index is -0.323. The maximum atomic E-state index is 12.3. The summed E-state index contributed by atoms with van der Waals surface area (Å²) in [7, 11) is 0. The summed E-state index contributed by atoms with van der Waals surface area (Å²) in [6, 6.07) is 9.59. The highest BCUT2D eigenvalue weighted by atomic mass is 16.6. The van der Waals surface area contributed by atoms with Gasteiger partial charge >= 0.3 is 18.0 Å². The van der Waals surface area contributed by atoms with Crippen molar-refractivity contribution < 1.29 is 28.6 Å². The predicted molar refractivity (Wildman–Crippen MR) is 112 cm³/mol. The second-order valence-electron chi connectivity index (χ2n) is 7.50. The van der Waals surface area contributed by atoms with E-state index in [1.165, 1.54) is 0 Å². The summed E-state index contributed by atoms with van der Waals surface area (Å²) >= 11 is 0. The largest absolute Gasteiger partial charge is 0.466 e. The third-order valence-corrected chi connectivity index (χ3v) is 5.32. The van der Waals surface area contributed by atoms with Crippen LogP contribution < -0.4 is 0 Å². The molecule has 0 saturated carbocycles. The number of piperidine rings is 1. The Morgan fingerprint density at radius 1 is 1.00 bits per heavy atom. The van der Waals surface area contributed by atoms with E-state index < -0.39 is 0 Å². The first kappa shape index (κ1) is 23.7. The minimum absolute atomic E-state index is 0.210. The summed E-state index contributed by atoms with van der Waals surface area (Å²) in [5.74, 6) is -0.565. The topological polar surface area (TPSA) is 82.1 Å². The molecular weight excluding hydrogens is 386 g/mol. The number of nitrogens with zero attached hydrogens (tertiary/aromatic N) is 1. The standard InChI is InChI=1S/C23H33NO6/c1-3-28-21(25)11-10-20(22(26)29-4-2)16-18-12-14-24(15-13-18)23(27)30-17-19-8-6-5-7-9-19/h5-9,18,20H,3-4,10-17H2,1-2H3. The van der Waals surface area contributed by atoms with Crippen LogP contribution in [0.5, 0.6) is 0 Å². The number of hydrogen-bond donors (Lipinski definition) is 0. The Balaban J connectivity index is 1.78. The van der Waals surface area contributed by atoms with Crippen LogP contribution in [0.4, 0.5) is 4.79 Å². The SMILES string of the molecule is CCOC(=O)CCC(CC1CCN(C(=O)OCc2ccccc2)CC1)C(=O)OCC. The Labute approximate surface area is 178 Å². The zero-order chi connectivity index (χ0) is 21.8. The smallest absolute Gasteiger partial charge is 0.410 e. The highest BCUT2D eigenvalue weighted by molar-refractivity contribution is 5.74. The van der Waals surface area contributed by atoms with Crippen molar-refractivity contribution in [1.82, 2.24) is 4.90 Å². The quantitative estimate of drug-likeness (QED) is 0.422. The van der Waals surface area contributed by atoms with Crippen LogP contribution in [-0.2, 0) is 30.4 Å². The van der Waals surface area contributed by atoms with Crippen molar-refractivity contribution in [2.45, 2.75) is 52.6 Å². The number of hydrogen-bond acceptors (Lipinski definition) is 6. The van der Waals surface area contributed by atoms with Crippen LogP contribution in [0.15, 0.2) is 30.3 Å². The molecule has 0 spiro atoms. The number of carbonyl (C=O) groups excluding carboxylic acids is 3. The lowest BCUT2D eigenvalue weighted by atomic mass is 9.85. The fourth-order valence-corrected chi connectivity index (χ4v) is 3.68. The number of ether oxygens (including phenoxy) is 3. The molecule has 1 saturated heterocycles. The summed E-state index contributed by atoms with van der Waals surface area (Å²) in [6.45, 7) is 5.66. The molecule has 0 aliphatic carbocycles. The summed E-state index contributed by atoms with van der Waals surface area (Å²) in [5.41, 5.74) is 0.958. The second-order valence-corrected chi connectivity index (χ2v) is 7.50. The molecule has 30 heavy (non-hydrogen) atoms. The number of rotatable bonds is 10. The third kappa shape index (κ3) is 8.05. The summed E-state index contributed by atoms with van der Waals surface area (Å²) in [4.78, 5) is 38.0. The lowest BCUT2D eigenvalue weighted by molar-refractivity contribution is -0.150. The van der Waals surface area contributed by atoms with Crippen molar-refractivity contribution in [2.75, 3.05) is 26.3 Å². The maximum absolute atomic E-state index is 12.3. The first-order valence-corrected chi connectivity index (χ1v) is 10.8. The Kier molecular flexibility index (Phi) is 10.2. The van der Waals surface area contributed by atoms with Crippen LogP contribution >= 0.6 is 0 Å². The molecule has 1 aromatic rings. The molecule has 1 amide bonds. The molecule has 1 fully saturated rings. The van der Waals surface area contributed by atoms with Gasteiger partial charge in [0.05, 0.1) is 19.1 Å². The van der Waals surface area contributed by atoms with E-state index in [-0.39, 0.29) is 37.0 Å². The molecule has 1 aromatic carbocycles. The molecule has 0 bridgehead atoms. The van der Waals surface area contributed by atoms with E-state index in [0.29, 0.717) is 45.1 Å². The van der Waals surface area contributed by atoms with Crippen LogP contribution in [0.2, 0.25) is 0 Å². The minimum Gasteiger partial charge on any atom is -0.466 e. The molecule has 1 heterocycles. The van der Waals surface area contributed by atoms with Crippen LogP contribution in [0.1, 0.15) is 51.5 Å². The molecule has 1 aliphatic heterocycles. The van der Waals surface area contributed by atoms with Crippen molar-refractivity contribution in [3.63, 3.8) is 0 Å². The van der Waals surface area contributed by atoms with E-state index in [4.69, 9.17) is 14.2 Å². The molecule has 1 unspecified atom stereocenters. The number of amides is 1. The number of carbonyl (C=O) groups is 3. The first-order valence-electron chi connectivity index (χ1n) is 10.8. The van der Waals surface area contributed by atoms with Gasteiger partial charge < -0.3 is 19.1 Å². The van der Waals surface area contributed by atoms with Crippen molar-refractivity contribution in [1.29, 1.82) is 0 Å². The molecule has 1 atom stereocenters. The molecule has 1 aliphatic rings. The maximum Gasteiger partial charge on any atom is 0.410 e. The number of benzene rings is 1. The fourth-order valence-electron chi connectivity index (χ4n) is 3.68. The Morgan fingerprint density at radius 2 is 1.67 bits per heavy atom. The van der Waals surface area contributed by atoms with Crippen LogP contribution in [0.3, 0.4) is 0 Å². The molecule has 0 N–H and O–H groups in total. The van der Waals surface area contributed by atoms with Crippen LogP contribution in [0.25, 0.3) is 0 Å². The summed E-state index contributed by atoms with van der Waals surface area (Å²) < 4.78 is 15.6. The molecular formula is C23H33NO6. The zero-order valence-electron chi connectivity index (χ0n) is 18.0. The van der Waals surface area contributed by atoms with Gasteiger partial charge in [0.2, 0.25) is 0 Å². The van der Waals surface area contributed by atoms with Gasteiger partial charge in [-0.2, -0.15) is 0 Å². The number of likely N-dealkylation sites (tertiary alicyclic amines) is 1. The molecule has 2 rings (SSSR count). The van der Waals surface area contributed by atoms with Crippen molar-refractivity contribution >= 4 is 18.0 Å². The van der Waals surface area contributed by atoms with Crippen LogP contribution in [-0.4, -0.2) is 49.2 Å². The van der Waals surface area contributed by atoms with Gasteiger partial charge in [0.15, 0.2) is 0 Å². The lowest BCUT2D eigenvalue weighted by Crippen LogP contribution is -2.39. The molecule has 7 nitrogen and oxygen atoms in total. The van der Waals surface area contributed by atoms with Gasteiger partial charge in [-0.1, -0.05) is 30.3 Å². The van der Waals surface area contributed by atoms with E-state index in [2.05, 4.69) is 0 Å². The van der Waals surface area contributed by atoms with Crippen LogP contribution in [0, 0.1) is 11.8 Å². The molecule has 0 radical (unpaired) electrons. The fraction of sp³-hybridized carbons (Fsp3) is 0.609. The Bertz CT molecular complexity index is 670. The van der Waals surface area contributed by atoms with Gasteiger partial charge in [0.1, 0.15) is 6.61 Å². The first-order chi connectivity index (χ1) is 14.5. The average molecular weight is 420 g/mol. The van der Waals surface area contributed by atoms with Gasteiger partial charge in [-0.3, -0.25) is 9.59 Å². The van der Waals surface area contributed by atoms with Crippen molar-refractivity contribution in [2.24, 2.45) is 11.8 Å². The second kappa shape index (κ2) is 12.9. The van der Waals surface area contributed by atoms with Gasteiger partial charge in [-0.25, -0.2) is 4.79 Å². The van der Waals surface area contributed by atoms with E-state index in [1.807, 2.05) is 30.3 Å². The third-order valence-electron chi connectivity index (χ3n) is 5.32. The molecule has 7 heteroatoms. The molecule has 166 valence electrons. The average Bonchev–Trinajstić information content (AvgIpc) is 2.76. The van der Waals surface area contributed by atoms with E-state index in [9.17, 15) is 14.4 Å². The normalized spacial score (nSPS) is 15.3. The number of esters is 2.